The Balaban J connectivity index is 1.62. The van der Waals surface area contributed by atoms with Crippen molar-refractivity contribution in [2.75, 3.05) is 18.2 Å². The fourth-order valence-corrected chi connectivity index (χ4v) is 5.13. The van der Waals surface area contributed by atoms with Crippen molar-refractivity contribution in [3.63, 3.8) is 0 Å². The van der Waals surface area contributed by atoms with E-state index in [1.807, 2.05) is 88.8 Å². The summed E-state index contributed by atoms with van der Waals surface area (Å²) in [6.07, 6.45) is 2.82. The van der Waals surface area contributed by atoms with Crippen LogP contribution in [0, 0.1) is 5.92 Å². The first kappa shape index (κ1) is 22.3. The Morgan fingerprint density at radius 3 is 1.94 bits per heavy atom. The first-order valence-electron chi connectivity index (χ1n) is 11.4. The van der Waals surface area contributed by atoms with Crippen LogP contribution in [0.4, 0.5) is 5.69 Å². The number of piperidine rings is 1. The maximum Gasteiger partial charge on any atom is 0.231 e. The molecule has 0 bridgehead atoms. The molecule has 4 nitrogen and oxygen atoms in total. The third kappa shape index (κ3) is 4.61. The average molecular weight is 481 g/mol. The van der Waals surface area contributed by atoms with E-state index >= 15 is 0 Å². The number of nitrogens with zero attached hydrogens (tertiary/aromatic N) is 2. The molecule has 33 heavy (non-hydrogen) atoms. The van der Waals surface area contributed by atoms with Crippen LogP contribution in [-0.4, -0.2) is 23.9 Å². The molecule has 3 atom stereocenters. The van der Waals surface area contributed by atoms with Gasteiger partial charge in [0, 0.05) is 23.1 Å². The minimum Gasteiger partial charge on any atom is -0.342 e. The summed E-state index contributed by atoms with van der Waals surface area (Å²) in [5, 5.41) is 3.22. The number of carbonyl (C=O) groups is 1. The Labute approximate surface area is 204 Å². The van der Waals surface area contributed by atoms with Gasteiger partial charge in [-0.2, -0.15) is 0 Å². The fourth-order valence-electron chi connectivity index (χ4n) is 4.87. The van der Waals surface area contributed by atoms with Gasteiger partial charge in [-0.15, -0.1) is 0 Å². The summed E-state index contributed by atoms with van der Waals surface area (Å²) in [5.74, 6) is -0.279. The Morgan fingerprint density at radius 1 is 0.758 bits per heavy atom. The second kappa shape index (κ2) is 9.76. The molecule has 2 aliphatic heterocycles. The molecule has 1 amide bonds. The number of amides is 1. The van der Waals surface area contributed by atoms with Gasteiger partial charge < -0.3 is 4.90 Å². The maximum absolute atomic E-state index is 14.0. The molecule has 0 spiro atoms. The highest BCUT2D eigenvalue weighted by Gasteiger charge is 2.50. The number of anilines is 1. The van der Waals surface area contributed by atoms with Crippen molar-refractivity contribution in [3.8, 4) is 0 Å². The normalized spacial score (nSPS) is 23.0. The summed E-state index contributed by atoms with van der Waals surface area (Å²) < 4.78 is 0. The molecular formula is C27H26Cl2N2O2. The quantitative estimate of drug-likeness (QED) is 0.408. The number of carbonyl (C=O) groups excluding carboxylic acids is 1. The third-order valence-electron chi connectivity index (χ3n) is 6.52. The summed E-state index contributed by atoms with van der Waals surface area (Å²) in [4.78, 5) is 22.7. The second-order valence-corrected chi connectivity index (χ2v) is 9.52. The lowest BCUT2D eigenvalue weighted by Gasteiger charge is -2.33. The number of rotatable bonds is 4. The van der Waals surface area contributed by atoms with Gasteiger partial charge >= 0.3 is 0 Å². The second-order valence-electron chi connectivity index (χ2n) is 8.65. The van der Waals surface area contributed by atoms with Crippen LogP contribution in [0.3, 0.4) is 0 Å². The molecule has 0 aromatic heterocycles. The van der Waals surface area contributed by atoms with Gasteiger partial charge in [0.05, 0.1) is 17.6 Å². The van der Waals surface area contributed by atoms with E-state index in [0.717, 1.165) is 42.7 Å². The number of para-hydroxylation sites is 1. The molecular weight excluding hydrogens is 455 g/mol. The molecule has 2 saturated heterocycles. The van der Waals surface area contributed by atoms with Crippen LogP contribution in [0.15, 0.2) is 78.9 Å². The molecule has 0 aliphatic carbocycles. The molecule has 6 heteroatoms. The number of hydroxylamine groups is 1. The highest BCUT2D eigenvalue weighted by Crippen LogP contribution is 2.50. The lowest BCUT2D eigenvalue weighted by molar-refractivity contribution is -0.138. The number of hydrogen-bond acceptors (Lipinski definition) is 3. The SMILES string of the molecule is O=C(C1C(c2ccc(Cl)cc2)ON(c2ccccc2)C1c1ccc(Cl)cc1)N1CCCCC1. The third-order valence-corrected chi connectivity index (χ3v) is 7.02. The molecule has 2 aliphatic rings. The Bertz CT molecular complexity index is 1080. The largest absolute Gasteiger partial charge is 0.342 e. The zero-order valence-electron chi connectivity index (χ0n) is 18.2. The Hall–Kier alpha value is -2.53. The van der Waals surface area contributed by atoms with Crippen LogP contribution in [0.1, 0.15) is 42.5 Å². The molecule has 0 radical (unpaired) electrons. The van der Waals surface area contributed by atoms with Crippen LogP contribution in [0.25, 0.3) is 0 Å². The number of halogens is 2. The van der Waals surface area contributed by atoms with E-state index < -0.39 is 12.0 Å². The molecule has 3 aromatic rings. The zero-order valence-corrected chi connectivity index (χ0v) is 19.8. The van der Waals surface area contributed by atoms with Gasteiger partial charge in [0.2, 0.25) is 5.91 Å². The van der Waals surface area contributed by atoms with E-state index in [2.05, 4.69) is 0 Å². The standard InChI is InChI=1S/C27H26Cl2N2O2/c28-21-13-9-19(10-14-21)25-24(27(32)30-17-5-2-6-18-30)26(20-11-15-22(29)16-12-20)33-31(25)23-7-3-1-4-8-23/h1,3-4,7-16,24-26H,2,5-6,17-18H2. The van der Waals surface area contributed by atoms with E-state index in [1.54, 1.807) is 0 Å². The average Bonchev–Trinajstić information content (AvgIpc) is 3.26. The van der Waals surface area contributed by atoms with Gasteiger partial charge in [-0.3, -0.25) is 9.63 Å². The van der Waals surface area contributed by atoms with Crippen molar-refractivity contribution in [1.82, 2.24) is 4.90 Å². The van der Waals surface area contributed by atoms with Gasteiger partial charge in [0.1, 0.15) is 6.10 Å². The minimum absolute atomic E-state index is 0.132. The maximum atomic E-state index is 14.0. The number of hydrogen-bond donors (Lipinski definition) is 0. The first-order chi connectivity index (χ1) is 16.1. The Kier molecular flexibility index (Phi) is 6.59. The van der Waals surface area contributed by atoms with Crippen LogP contribution in [0.2, 0.25) is 10.0 Å². The highest BCUT2D eigenvalue weighted by atomic mass is 35.5. The molecule has 3 unspecified atom stereocenters. The number of likely N-dealkylation sites (tertiary alicyclic amines) is 1. The van der Waals surface area contributed by atoms with Crippen molar-refractivity contribution < 1.29 is 9.63 Å². The lowest BCUT2D eigenvalue weighted by atomic mass is 9.84. The minimum atomic E-state index is -0.433. The van der Waals surface area contributed by atoms with E-state index in [9.17, 15) is 4.79 Å². The van der Waals surface area contributed by atoms with Crippen LogP contribution in [-0.2, 0) is 9.63 Å². The van der Waals surface area contributed by atoms with Gasteiger partial charge in [0.15, 0.2) is 0 Å². The molecule has 2 heterocycles. The van der Waals surface area contributed by atoms with Gasteiger partial charge in [0.25, 0.3) is 0 Å². The summed E-state index contributed by atoms with van der Waals surface area (Å²) in [7, 11) is 0. The monoisotopic (exact) mass is 480 g/mol. The predicted molar refractivity (Wildman–Crippen MR) is 132 cm³/mol. The molecule has 170 valence electrons. The van der Waals surface area contributed by atoms with Gasteiger partial charge in [-0.25, -0.2) is 5.06 Å². The molecule has 3 aromatic carbocycles. The predicted octanol–water partition coefficient (Wildman–Crippen LogP) is 6.86. The molecule has 5 rings (SSSR count). The lowest BCUT2D eigenvalue weighted by Crippen LogP contribution is -2.42. The smallest absolute Gasteiger partial charge is 0.231 e. The van der Waals surface area contributed by atoms with E-state index in [-0.39, 0.29) is 11.9 Å². The fraction of sp³-hybridized carbons (Fsp3) is 0.296. The number of benzene rings is 3. The first-order valence-corrected chi connectivity index (χ1v) is 12.2. The van der Waals surface area contributed by atoms with Crippen LogP contribution >= 0.6 is 23.2 Å². The van der Waals surface area contributed by atoms with Crippen LogP contribution < -0.4 is 5.06 Å². The van der Waals surface area contributed by atoms with Gasteiger partial charge in [-0.05, 0) is 66.8 Å². The van der Waals surface area contributed by atoms with E-state index in [0.29, 0.717) is 10.0 Å². The van der Waals surface area contributed by atoms with Crippen molar-refractivity contribution in [3.05, 3.63) is 100 Å². The van der Waals surface area contributed by atoms with E-state index in [4.69, 9.17) is 28.0 Å². The topological polar surface area (TPSA) is 32.8 Å². The highest BCUT2D eigenvalue weighted by molar-refractivity contribution is 6.30. The van der Waals surface area contributed by atoms with Gasteiger partial charge in [-0.1, -0.05) is 65.7 Å². The summed E-state index contributed by atoms with van der Waals surface area (Å²) in [6.45, 7) is 1.59. The molecule has 0 saturated carbocycles. The van der Waals surface area contributed by atoms with Crippen molar-refractivity contribution >= 4 is 34.8 Å². The summed E-state index contributed by atoms with van der Waals surface area (Å²) >= 11 is 12.4. The summed E-state index contributed by atoms with van der Waals surface area (Å²) in [5.41, 5.74) is 2.84. The summed E-state index contributed by atoms with van der Waals surface area (Å²) in [6, 6.07) is 25.0. The zero-order chi connectivity index (χ0) is 22.8. The molecule has 0 N–H and O–H groups in total. The van der Waals surface area contributed by atoms with E-state index in [1.165, 1.54) is 6.42 Å². The Morgan fingerprint density at radius 2 is 1.33 bits per heavy atom. The van der Waals surface area contributed by atoms with Crippen molar-refractivity contribution in [2.24, 2.45) is 5.92 Å². The van der Waals surface area contributed by atoms with Crippen molar-refractivity contribution in [2.45, 2.75) is 31.4 Å². The van der Waals surface area contributed by atoms with Crippen LogP contribution in [0.5, 0.6) is 0 Å². The molecule has 2 fully saturated rings. The van der Waals surface area contributed by atoms with Crippen molar-refractivity contribution in [1.29, 1.82) is 0 Å².